The summed E-state index contributed by atoms with van der Waals surface area (Å²) in [5, 5.41) is 9.10. The Labute approximate surface area is 105 Å². The van der Waals surface area contributed by atoms with E-state index in [2.05, 4.69) is 0 Å². The van der Waals surface area contributed by atoms with E-state index in [0.29, 0.717) is 18.7 Å². The Morgan fingerprint density at radius 2 is 2.11 bits per heavy atom. The number of hydrogen-bond acceptors (Lipinski definition) is 3. The summed E-state index contributed by atoms with van der Waals surface area (Å²) in [6, 6.07) is 6.28. The van der Waals surface area contributed by atoms with Gasteiger partial charge in [-0.05, 0) is 18.6 Å². The van der Waals surface area contributed by atoms with Crippen molar-refractivity contribution in [2.24, 2.45) is 0 Å². The maximum Gasteiger partial charge on any atom is 0.328 e. The third kappa shape index (κ3) is 2.36. The van der Waals surface area contributed by atoms with Crippen LogP contribution < -0.4 is 0 Å². The third-order valence-corrected chi connectivity index (χ3v) is 3.05. The van der Waals surface area contributed by atoms with Crippen LogP contribution in [-0.2, 0) is 9.53 Å². The number of carbonyl (C=O) groups is 2. The van der Waals surface area contributed by atoms with Crippen LogP contribution in [0.2, 0.25) is 0 Å². The Morgan fingerprint density at radius 3 is 2.78 bits per heavy atom. The molecule has 1 heterocycles. The molecule has 5 heteroatoms. The van der Waals surface area contributed by atoms with Crippen molar-refractivity contribution in [1.29, 1.82) is 0 Å². The molecule has 1 aromatic carbocycles. The summed E-state index contributed by atoms with van der Waals surface area (Å²) in [6.07, 6.45) is 0. The second-order valence-corrected chi connectivity index (χ2v) is 4.24. The first-order valence-corrected chi connectivity index (χ1v) is 5.78. The standard InChI is InChI=1S/C13H15NO4/c1-9-4-2-3-5-10(9)12(15)14-6-7-18-8-11(14)13(16)17/h2-5,11H,6-8H2,1H3,(H,16,17)/t11-/m0/s1. The number of rotatable bonds is 2. The summed E-state index contributed by atoms with van der Waals surface area (Å²) in [5.74, 6) is -1.28. The maximum absolute atomic E-state index is 12.3. The normalized spacial score (nSPS) is 19.6. The number of carboxylic acids is 1. The number of hydrogen-bond donors (Lipinski definition) is 1. The minimum absolute atomic E-state index is 0.0486. The molecule has 0 saturated carbocycles. The van der Waals surface area contributed by atoms with Crippen LogP contribution in [0.15, 0.2) is 24.3 Å². The monoisotopic (exact) mass is 249 g/mol. The van der Waals surface area contributed by atoms with Gasteiger partial charge in [-0.25, -0.2) is 4.79 Å². The summed E-state index contributed by atoms with van der Waals surface area (Å²) < 4.78 is 5.12. The Balaban J connectivity index is 2.27. The molecular weight excluding hydrogens is 234 g/mol. The Morgan fingerprint density at radius 1 is 1.39 bits per heavy atom. The van der Waals surface area contributed by atoms with Crippen molar-refractivity contribution in [3.05, 3.63) is 35.4 Å². The van der Waals surface area contributed by atoms with Crippen LogP contribution in [0.5, 0.6) is 0 Å². The highest BCUT2D eigenvalue weighted by Crippen LogP contribution is 2.15. The lowest BCUT2D eigenvalue weighted by Gasteiger charge is -2.33. The van der Waals surface area contributed by atoms with Gasteiger partial charge in [0.25, 0.3) is 5.91 Å². The van der Waals surface area contributed by atoms with Crippen molar-refractivity contribution >= 4 is 11.9 Å². The number of carbonyl (C=O) groups excluding carboxylic acids is 1. The first-order valence-electron chi connectivity index (χ1n) is 5.78. The topological polar surface area (TPSA) is 66.8 Å². The van der Waals surface area contributed by atoms with Gasteiger partial charge in [-0.2, -0.15) is 0 Å². The van der Waals surface area contributed by atoms with Gasteiger partial charge in [-0.3, -0.25) is 4.79 Å². The number of aliphatic carboxylic acids is 1. The average molecular weight is 249 g/mol. The largest absolute Gasteiger partial charge is 0.480 e. The highest BCUT2D eigenvalue weighted by atomic mass is 16.5. The number of morpholine rings is 1. The maximum atomic E-state index is 12.3. The van der Waals surface area contributed by atoms with E-state index in [4.69, 9.17) is 9.84 Å². The summed E-state index contributed by atoms with van der Waals surface area (Å²) >= 11 is 0. The van der Waals surface area contributed by atoms with Crippen molar-refractivity contribution in [1.82, 2.24) is 4.90 Å². The molecule has 1 amide bonds. The molecule has 1 fully saturated rings. The first-order chi connectivity index (χ1) is 8.61. The van der Waals surface area contributed by atoms with Gasteiger partial charge in [0.2, 0.25) is 0 Å². The summed E-state index contributed by atoms with van der Waals surface area (Å²) in [5.41, 5.74) is 1.39. The van der Waals surface area contributed by atoms with Crippen molar-refractivity contribution in [2.45, 2.75) is 13.0 Å². The predicted octanol–water partition coefficient (Wildman–Crippen LogP) is 0.921. The number of nitrogens with zero attached hydrogens (tertiary/aromatic N) is 1. The van der Waals surface area contributed by atoms with Gasteiger partial charge >= 0.3 is 5.97 Å². The average Bonchev–Trinajstić information content (AvgIpc) is 2.38. The van der Waals surface area contributed by atoms with E-state index < -0.39 is 12.0 Å². The molecule has 0 unspecified atom stereocenters. The first kappa shape index (κ1) is 12.6. The molecule has 96 valence electrons. The fourth-order valence-electron chi connectivity index (χ4n) is 2.02. The molecule has 5 nitrogen and oxygen atoms in total. The van der Waals surface area contributed by atoms with Crippen LogP contribution in [0, 0.1) is 6.92 Å². The van der Waals surface area contributed by atoms with Crippen molar-refractivity contribution in [3.63, 3.8) is 0 Å². The molecule has 0 spiro atoms. The SMILES string of the molecule is Cc1ccccc1C(=O)N1CCOC[C@H]1C(=O)O. The third-order valence-electron chi connectivity index (χ3n) is 3.05. The van der Waals surface area contributed by atoms with E-state index in [9.17, 15) is 9.59 Å². The molecule has 0 radical (unpaired) electrons. The van der Waals surface area contributed by atoms with Gasteiger partial charge in [0, 0.05) is 12.1 Å². The lowest BCUT2D eigenvalue weighted by molar-refractivity contribution is -0.147. The van der Waals surface area contributed by atoms with Gasteiger partial charge in [0.05, 0.1) is 13.2 Å². The van der Waals surface area contributed by atoms with Gasteiger partial charge in [0.15, 0.2) is 6.04 Å². The van der Waals surface area contributed by atoms with Crippen LogP contribution in [-0.4, -0.2) is 47.7 Å². The molecule has 1 atom stereocenters. The van der Waals surface area contributed by atoms with Crippen LogP contribution in [0.4, 0.5) is 0 Å². The minimum atomic E-state index is -1.03. The molecule has 1 aromatic rings. The Hall–Kier alpha value is -1.88. The molecule has 1 N–H and O–H groups in total. The second kappa shape index (κ2) is 5.18. The lowest BCUT2D eigenvalue weighted by atomic mass is 10.1. The molecule has 1 saturated heterocycles. The number of aryl methyl sites for hydroxylation is 1. The molecule has 0 aliphatic carbocycles. The number of benzene rings is 1. The quantitative estimate of drug-likeness (QED) is 0.846. The zero-order valence-corrected chi connectivity index (χ0v) is 10.1. The van der Waals surface area contributed by atoms with E-state index in [1.807, 2.05) is 19.1 Å². The number of ether oxygens (including phenoxy) is 1. The predicted molar refractivity (Wildman–Crippen MR) is 64.5 cm³/mol. The number of amides is 1. The fourth-order valence-corrected chi connectivity index (χ4v) is 2.02. The van der Waals surface area contributed by atoms with Gasteiger partial charge < -0.3 is 14.7 Å². The van der Waals surface area contributed by atoms with Crippen molar-refractivity contribution < 1.29 is 19.4 Å². The highest BCUT2D eigenvalue weighted by Gasteiger charge is 2.33. The Kier molecular flexibility index (Phi) is 3.62. The molecular formula is C13H15NO4. The van der Waals surface area contributed by atoms with Crippen LogP contribution in [0.1, 0.15) is 15.9 Å². The lowest BCUT2D eigenvalue weighted by Crippen LogP contribution is -2.52. The van der Waals surface area contributed by atoms with Crippen LogP contribution in [0.25, 0.3) is 0 Å². The number of carboxylic acid groups (broad SMARTS) is 1. The van der Waals surface area contributed by atoms with Gasteiger partial charge in [-0.1, -0.05) is 18.2 Å². The molecule has 18 heavy (non-hydrogen) atoms. The summed E-state index contributed by atoms with van der Waals surface area (Å²) in [7, 11) is 0. The van der Waals surface area contributed by atoms with Crippen LogP contribution in [0.3, 0.4) is 0 Å². The highest BCUT2D eigenvalue weighted by molar-refractivity contribution is 5.97. The summed E-state index contributed by atoms with van der Waals surface area (Å²) in [4.78, 5) is 24.8. The minimum Gasteiger partial charge on any atom is -0.480 e. The zero-order valence-electron chi connectivity index (χ0n) is 10.1. The second-order valence-electron chi connectivity index (χ2n) is 4.24. The molecule has 1 aliphatic rings. The van der Waals surface area contributed by atoms with Crippen molar-refractivity contribution in [3.8, 4) is 0 Å². The van der Waals surface area contributed by atoms with Crippen LogP contribution >= 0.6 is 0 Å². The van der Waals surface area contributed by atoms with Gasteiger partial charge in [-0.15, -0.1) is 0 Å². The van der Waals surface area contributed by atoms with Gasteiger partial charge in [0.1, 0.15) is 0 Å². The smallest absolute Gasteiger partial charge is 0.328 e. The molecule has 0 bridgehead atoms. The van der Waals surface area contributed by atoms with E-state index in [1.54, 1.807) is 12.1 Å². The molecule has 1 aliphatic heterocycles. The zero-order chi connectivity index (χ0) is 13.1. The van der Waals surface area contributed by atoms with E-state index in [0.717, 1.165) is 5.56 Å². The molecule has 2 rings (SSSR count). The molecule has 0 aromatic heterocycles. The van der Waals surface area contributed by atoms with Crippen molar-refractivity contribution in [2.75, 3.05) is 19.8 Å². The van der Waals surface area contributed by atoms with E-state index in [-0.39, 0.29) is 12.5 Å². The fraction of sp³-hybridized carbons (Fsp3) is 0.385. The summed E-state index contributed by atoms with van der Waals surface area (Å²) in [6.45, 7) is 2.57. The van der Waals surface area contributed by atoms with E-state index in [1.165, 1.54) is 4.90 Å². The Bertz CT molecular complexity index is 472. The van der Waals surface area contributed by atoms with E-state index >= 15 is 0 Å².